The van der Waals surface area contributed by atoms with Gasteiger partial charge in [-0.2, -0.15) is 0 Å². The third kappa shape index (κ3) is 4.86. The number of hydrogen-bond acceptors (Lipinski definition) is 2. The second-order valence-corrected chi connectivity index (χ2v) is 11.9. The summed E-state index contributed by atoms with van der Waals surface area (Å²) in [6, 6.07) is 6.36. The van der Waals surface area contributed by atoms with Gasteiger partial charge in [0, 0.05) is 0 Å². The summed E-state index contributed by atoms with van der Waals surface area (Å²) in [6.45, 7) is 13.8. The molecule has 0 aliphatic rings. The number of rotatable bonds is 6. The second-order valence-electron chi connectivity index (χ2n) is 6.28. The second kappa shape index (κ2) is 6.43. The Bertz CT molecular complexity index is 383. The molecule has 2 nitrogen and oxygen atoms in total. The molecule has 0 amide bonds. The Hall–Kier alpha value is -0.750. The first-order valence-corrected chi connectivity index (χ1v) is 10.7. The Morgan fingerprint density at radius 2 is 1.89 bits per heavy atom. The summed E-state index contributed by atoms with van der Waals surface area (Å²) in [6.07, 6.45) is 2.70. The fourth-order valence-corrected chi connectivity index (χ4v) is 3.35. The molecule has 0 fully saturated rings. The van der Waals surface area contributed by atoms with Gasteiger partial charge in [-0.15, -0.1) is 0 Å². The first-order chi connectivity index (χ1) is 8.33. The molecule has 0 aromatic heterocycles. The van der Waals surface area contributed by atoms with Gasteiger partial charge in [-0.3, -0.25) is 0 Å². The summed E-state index contributed by atoms with van der Waals surface area (Å²) < 4.78 is 0. The molecule has 0 aliphatic carbocycles. The fraction of sp³-hybridized carbons (Fsp3) is 0.600. The molecule has 1 rings (SSSR count). The summed E-state index contributed by atoms with van der Waals surface area (Å²) in [5.41, 5.74) is 9.24. The standard InChI is InChI=1S/C15H29N2P/c1-6-17(10-7-11-18(3,4)5)14-8-9-15(16)13(2)12-14/h8-9,12,18H,6-7,10-11,16H2,1-5H3. The SMILES string of the molecule is CCN(CCC[PH](C)(C)C)c1ccc(N)c(C)c1. The Kier molecular flexibility index (Phi) is 5.47. The molecule has 0 unspecified atom stereocenters. The molecular weight excluding hydrogens is 239 g/mol. The predicted molar refractivity (Wildman–Crippen MR) is 89.0 cm³/mol. The third-order valence-electron chi connectivity index (χ3n) is 3.36. The summed E-state index contributed by atoms with van der Waals surface area (Å²) in [5, 5.41) is 0. The molecule has 0 atom stereocenters. The zero-order valence-corrected chi connectivity index (χ0v) is 13.6. The maximum absolute atomic E-state index is 5.87. The summed E-state index contributed by atoms with van der Waals surface area (Å²) >= 11 is 0. The van der Waals surface area contributed by atoms with Crippen molar-refractivity contribution in [3.63, 3.8) is 0 Å². The van der Waals surface area contributed by atoms with Crippen molar-refractivity contribution in [3.8, 4) is 0 Å². The number of nitrogen functional groups attached to an aromatic ring is 1. The van der Waals surface area contributed by atoms with Gasteiger partial charge in [-0.1, -0.05) is 0 Å². The molecular formula is C15H29N2P. The van der Waals surface area contributed by atoms with Crippen molar-refractivity contribution < 1.29 is 0 Å². The Morgan fingerprint density at radius 3 is 2.39 bits per heavy atom. The summed E-state index contributed by atoms with van der Waals surface area (Å²) in [4.78, 5) is 2.45. The van der Waals surface area contributed by atoms with Crippen LogP contribution in [0.2, 0.25) is 0 Å². The van der Waals surface area contributed by atoms with E-state index in [0.717, 1.165) is 18.8 Å². The van der Waals surface area contributed by atoms with Gasteiger partial charge in [0.25, 0.3) is 0 Å². The number of nitrogens with zero attached hydrogens (tertiary/aromatic N) is 1. The van der Waals surface area contributed by atoms with Crippen LogP contribution in [0.1, 0.15) is 18.9 Å². The van der Waals surface area contributed by atoms with Crippen LogP contribution < -0.4 is 10.6 Å². The maximum atomic E-state index is 5.87. The first kappa shape index (κ1) is 15.3. The molecule has 3 heteroatoms. The van der Waals surface area contributed by atoms with E-state index in [1.165, 1.54) is 23.8 Å². The van der Waals surface area contributed by atoms with Crippen molar-refractivity contribution in [1.29, 1.82) is 0 Å². The minimum absolute atomic E-state index is 0.886. The first-order valence-electron chi connectivity index (χ1n) is 6.94. The van der Waals surface area contributed by atoms with Gasteiger partial charge in [-0.05, 0) is 0 Å². The van der Waals surface area contributed by atoms with E-state index in [0.29, 0.717) is 0 Å². The van der Waals surface area contributed by atoms with E-state index in [9.17, 15) is 0 Å². The number of nitrogens with two attached hydrogens (primary N) is 1. The molecule has 1 aromatic rings. The van der Waals surface area contributed by atoms with Crippen LogP contribution in [0.4, 0.5) is 11.4 Å². The van der Waals surface area contributed by atoms with Crippen molar-refractivity contribution in [2.24, 2.45) is 0 Å². The van der Waals surface area contributed by atoms with E-state index in [4.69, 9.17) is 5.73 Å². The van der Waals surface area contributed by atoms with E-state index in [2.05, 4.69) is 50.9 Å². The molecule has 0 saturated carbocycles. The van der Waals surface area contributed by atoms with Gasteiger partial charge in [0.15, 0.2) is 0 Å². The van der Waals surface area contributed by atoms with Crippen molar-refractivity contribution in [1.82, 2.24) is 0 Å². The molecule has 1 aromatic carbocycles. The van der Waals surface area contributed by atoms with Crippen molar-refractivity contribution in [2.45, 2.75) is 20.3 Å². The average Bonchev–Trinajstić information content (AvgIpc) is 2.27. The van der Waals surface area contributed by atoms with Gasteiger partial charge in [0.2, 0.25) is 0 Å². The zero-order valence-electron chi connectivity index (χ0n) is 12.6. The van der Waals surface area contributed by atoms with E-state index >= 15 is 0 Å². The Morgan fingerprint density at radius 1 is 1.22 bits per heavy atom. The molecule has 2 N–H and O–H groups in total. The summed E-state index contributed by atoms with van der Waals surface area (Å²) in [7, 11) is -0.904. The van der Waals surface area contributed by atoms with Gasteiger partial charge in [0.1, 0.15) is 0 Å². The van der Waals surface area contributed by atoms with E-state index < -0.39 is 7.26 Å². The third-order valence-corrected chi connectivity index (χ3v) is 5.21. The fourth-order valence-electron chi connectivity index (χ4n) is 2.13. The van der Waals surface area contributed by atoms with Crippen LogP contribution in [0.15, 0.2) is 18.2 Å². The van der Waals surface area contributed by atoms with Gasteiger partial charge in [0.05, 0.1) is 0 Å². The zero-order chi connectivity index (χ0) is 13.8. The molecule has 18 heavy (non-hydrogen) atoms. The quantitative estimate of drug-likeness (QED) is 0.632. The summed E-state index contributed by atoms with van der Waals surface area (Å²) in [5.74, 6) is 0. The molecule has 0 bridgehead atoms. The monoisotopic (exact) mass is 268 g/mol. The number of hydrogen-bond donors (Lipinski definition) is 1. The molecule has 104 valence electrons. The molecule has 0 aliphatic heterocycles. The minimum atomic E-state index is -0.904. The van der Waals surface area contributed by atoms with Crippen molar-refractivity contribution in [3.05, 3.63) is 23.8 Å². The van der Waals surface area contributed by atoms with Crippen LogP contribution in [0.3, 0.4) is 0 Å². The molecule has 0 heterocycles. The average molecular weight is 268 g/mol. The molecule has 0 saturated heterocycles. The topological polar surface area (TPSA) is 29.3 Å². The molecule has 0 radical (unpaired) electrons. The van der Waals surface area contributed by atoms with Crippen molar-refractivity contribution >= 4 is 18.6 Å². The number of anilines is 2. The van der Waals surface area contributed by atoms with Crippen LogP contribution >= 0.6 is 7.26 Å². The molecule has 0 spiro atoms. The van der Waals surface area contributed by atoms with Gasteiger partial charge < -0.3 is 0 Å². The van der Waals surface area contributed by atoms with Crippen LogP contribution in [0.25, 0.3) is 0 Å². The number of aryl methyl sites for hydroxylation is 1. The van der Waals surface area contributed by atoms with Gasteiger partial charge >= 0.3 is 113 Å². The van der Waals surface area contributed by atoms with E-state index in [-0.39, 0.29) is 0 Å². The van der Waals surface area contributed by atoms with Crippen LogP contribution in [-0.4, -0.2) is 39.2 Å². The van der Waals surface area contributed by atoms with Crippen LogP contribution in [-0.2, 0) is 0 Å². The van der Waals surface area contributed by atoms with Crippen LogP contribution in [0.5, 0.6) is 0 Å². The Labute approximate surface area is 113 Å². The van der Waals surface area contributed by atoms with Crippen LogP contribution in [0, 0.1) is 6.92 Å². The van der Waals surface area contributed by atoms with E-state index in [1.807, 2.05) is 6.07 Å². The van der Waals surface area contributed by atoms with Crippen molar-refractivity contribution in [2.75, 3.05) is 49.9 Å². The van der Waals surface area contributed by atoms with E-state index in [1.54, 1.807) is 0 Å². The normalized spacial score (nSPS) is 12.5. The van der Waals surface area contributed by atoms with Gasteiger partial charge in [-0.25, -0.2) is 0 Å². The predicted octanol–water partition coefficient (Wildman–Crippen LogP) is 3.43. The Balaban J connectivity index is 2.63. The number of benzene rings is 1.